The van der Waals surface area contributed by atoms with Gasteiger partial charge in [-0.25, -0.2) is 4.98 Å². The van der Waals surface area contributed by atoms with Crippen LogP contribution in [0.25, 0.3) is 11.3 Å². The Hall–Kier alpha value is -3.71. The van der Waals surface area contributed by atoms with Crippen molar-refractivity contribution in [3.05, 3.63) is 70.9 Å². The van der Waals surface area contributed by atoms with Crippen molar-refractivity contribution in [1.82, 2.24) is 19.4 Å². The van der Waals surface area contributed by atoms with Crippen LogP contribution in [0.5, 0.6) is 0 Å². The molecule has 3 heterocycles. The third-order valence-corrected chi connectivity index (χ3v) is 6.06. The van der Waals surface area contributed by atoms with Gasteiger partial charge in [-0.15, -0.1) is 0 Å². The minimum Gasteiger partial charge on any atom is -0.374 e. The first kappa shape index (κ1) is 23.4. The first-order valence-corrected chi connectivity index (χ1v) is 10.6. The number of nitriles is 1. The zero-order valence-corrected chi connectivity index (χ0v) is 18.8. The van der Waals surface area contributed by atoms with E-state index in [1.165, 1.54) is 17.0 Å². The largest absolute Gasteiger partial charge is 0.424 e. The van der Waals surface area contributed by atoms with Gasteiger partial charge >= 0.3 is 6.18 Å². The lowest BCUT2D eigenvalue weighted by Crippen LogP contribution is -2.45. The van der Waals surface area contributed by atoms with Gasteiger partial charge in [-0.05, 0) is 50.6 Å². The van der Waals surface area contributed by atoms with Gasteiger partial charge in [-0.2, -0.15) is 18.4 Å². The quantitative estimate of drug-likeness (QED) is 0.623. The van der Waals surface area contributed by atoms with Crippen LogP contribution in [0.15, 0.2) is 42.7 Å². The Balaban J connectivity index is 1.62. The lowest BCUT2D eigenvalue weighted by atomic mass is 10.0. The van der Waals surface area contributed by atoms with Crippen molar-refractivity contribution < 1.29 is 23.1 Å². The number of hydrogen-bond donors (Lipinski definition) is 1. The number of nitrogens with zero attached hydrogens (tertiary/aromatic N) is 5. The molecule has 10 heteroatoms. The van der Waals surface area contributed by atoms with E-state index in [1.54, 1.807) is 42.2 Å². The summed E-state index contributed by atoms with van der Waals surface area (Å²) in [5.41, 5.74) is 0.418. The predicted octanol–water partition coefficient (Wildman–Crippen LogP) is 4.11. The van der Waals surface area contributed by atoms with Crippen LogP contribution < -0.4 is 0 Å². The molecule has 1 aliphatic heterocycles. The van der Waals surface area contributed by atoms with Gasteiger partial charge in [0.05, 0.1) is 41.8 Å². The van der Waals surface area contributed by atoms with Crippen LogP contribution in [-0.4, -0.2) is 43.2 Å². The Kier molecular flexibility index (Phi) is 5.69. The molecule has 2 aromatic heterocycles. The first-order valence-electron chi connectivity index (χ1n) is 10.6. The molecule has 1 aliphatic rings. The number of benzene rings is 1. The molecule has 0 radical (unpaired) electrons. The van der Waals surface area contributed by atoms with Gasteiger partial charge in [0.25, 0.3) is 5.91 Å². The molecule has 2 atom stereocenters. The molecule has 0 saturated heterocycles. The lowest BCUT2D eigenvalue weighted by molar-refractivity contribution is -0.263. The van der Waals surface area contributed by atoms with Crippen LogP contribution >= 0.6 is 0 Å². The van der Waals surface area contributed by atoms with Crippen LogP contribution in [0, 0.1) is 18.3 Å². The molecule has 0 bridgehead atoms. The summed E-state index contributed by atoms with van der Waals surface area (Å²) in [6.45, 7) is 4.41. The average molecular weight is 469 g/mol. The Bertz CT molecular complexity index is 1310. The minimum atomic E-state index is -4.89. The summed E-state index contributed by atoms with van der Waals surface area (Å²) in [6.07, 6.45) is -2.10. The van der Waals surface area contributed by atoms with Crippen molar-refractivity contribution in [2.75, 3.05) is 6.54 Å². The number of carbonyl (C=O) groups is 1. The maximum atomic E-state index is 13.4. The third kappa shape index (κ3) is 3.92. The van der Waals surface area contributed by atoms with Gasteiger partial charge in [-0.3, -0.25) is 9.78 Å². The van der Waals surface area contributed by atoms with Crippen LogP contribution in [0.2, 0.25) is 0 Å². The highest BCUT2D eigenvalue weighted by Gasteiger charge is 2.55. The van der Waals surface area contributed by atoms with E-state index in [4.69, 9.17) is 5.26 Å². The molecule has 3 aromatic rings. The number of pyridine rings is 1. The van der Waals surface area contributed by atoms with Gasteiger partial charge in [0.15, 0.2) is 5.82 Å². The number of aryl methyl sites for hydroxylation is 1. The van der Waals surface area contributed by atoms with E-state index < -0.39 is 23.6 Å². The van der Waals surface area contributed by atoms with Crippen LogP contribution in [0.1, 0.15) is 52.9 Å². The highest BCUT2D eigenvalue weighted by atomic mass is 19.4. The monoisotopic (exact) mass is 469 g/mol. The van der Waals surface area contributed by atoms with Gasteiger partial charge < -0.3 is 14.6 Å². The van der Waals surface area contributed by atoms with Gasteiger partial charge in [0.1, 0.15) is 0 Å². The number of imidazole rings is 1. The summed E-state index contributed by atoms with van der Waals surface area (Å²) in [7, 11) is 0. The standard InChI is InChI=1S/C24H22F3N5O2/c1-14-8-16(10-28)4-5-19(14)20-9-17(6-7-29-20)21(33)31-12-15(2)32-18(13-31)11-30-22(32)23(3,34)24(25,26)27/h4-9,11,15,34H,12-13H2,1-3H3/t15-,23?/m0/s1. The summed E-state index contributed by atoms with van der Waals surface area (Å²) < 4.78 is 41.5. The second kappa shape index (κ2) is 8.25. The fourth-order valence-electron chi connectivity index (χ4n) is 4.22. The molecule has 0 fully saturated rings. The van der Waals surface area contributed by atoms with Crippen LogP contribution in [-0.2, 0) is 12.1 Å². The molecule has 0 aliphatic carbocycles. The number of rotatable bonds is 3. The average Bonchev–Trinajstić information content (AvgIpc) is 3.23. The van der Waals surface area contributed by atoms with Crippen molar-refractivity contribution in [3.63, 3.8) is 0 Å². The molecule has 0 spiro atoms. The van der Waals surface area contributed by atoms with Crippen molar-refractivity contribution in [2.45, 2.75) is 45.1 Å². The van der Waals surface area contributed by atoms with E-state index in [0.717, 1.165) is 11.1 Å². The molecular weight excluding hydrogens is 447 g/mol. The highest BCUT2D eigenvalue weighted by molar-refractivity contribution is 5.95. The number of amides is 1. The SMILES string of the molecule is Cc1cc(C#N)ccc1-c1cc(C(=O)N2Cc3cnc(C(C)(O)C(F)(F)F)n3[C@@H](C)C2)ccn1. The van der Waals surface area contributed by atoms with Crippen molar-refractivity contribution >= 4 is 5.91 Å². The molecule has 4 rings (SSSR count). The molecular formula is C24H22F3N5O2. The predicted molar refractivity (Wildman–Crippen MR) is 116 cm³/mol. The van der Waals surface area contributed by atoms with Gasteiger partial charge in [-0.1, -0.05) is 6.07 Å². The van der Waals surface area contributed by atoms with E-state index in [9.17, 15) is 23.1 Å². The molecule has 1 unspecified atom stereocenters. The smallest absolute Gasteiger partial charge is 0.374 e. The third-order valence-electron chi connectivity index (χ3n) is 6.06. The van der Waals surface area contributed by atoms with E-state index in [0.29, 0.717) is 29.4 Å². The van der Waals surface area contributed by atoms with E-state index in [1.807, 2.05) is 6.92 Å². The summed E-state index contributed by atoms with van der Waals surface area (Å²) in [5.74, 6) is -0.782. The molecule has 1 amide bonds. The Morgan fingerprint density at radius 1 is 1.24 bits per heavy atom. The fraction of sp³-hybridized carbons (Fsp3) is 0.333. The second-order valence-electron chi connectivity index (χ2n) is 8.62. The fourth-order valence-corrected chi connectivity index (χ4v) is 4.22. The maximum Gasteiger partial charge on any atom is 0.424 e. The summed E-state index contributed by atoms with van der Waals surface area (Å²) >= 11 is 0. The number of fused-ring (bicyclic) bond motifs is 1. The zero-order chi connectivity index (χ0) is 24.8. The van der Waals surface area contributed by atoms with Gasteiger partial charge in [0.2, 0.25) is 5.60 Å². The van der Waals surface area contributed by atoms with Crippen LogP contribution in [0.4, 0.5) is 13.2 Å². The summed E-state index contributed by atoms with van der Waals surface area (Å²) in [5, 5.41) is 19.2. The highest BCUT2D eigenvalue weighted by Crippen LogP contribution is 2.40. The molecule has 176 valence electrons. The zero-order valence-electron chi connectivity index (χ0n) is 18.8. The second-order valence-corrected chi connectivity index (χ2v) is 8.62. The summed E-state index contributed by atoms with van der Waals surface area (Å²) in [4.78, 5) is 23.0. The maximum absolute atomic E-state index is 13.4. The molecule has 1 N–H and O–H groups in total. The first-order chi connectivity index (χ1) is 15.9. The molecule has 0 saturated carbocycles. The van der Waals surface area contributed by atoms with Crippen molar-refractivity contribution in [3.8, 4) is 17.3 Å². The van der Waals surface area contributed by atoms with E-state index in [2.05, 4.69) is 16.0 Å². The van der Waals surface area contributed by atoms with E-state index >= 15 is 0 Å². The number of carbonyl (C=O) groups excluding carboxylic acids is 1. The van der Waals surface area contributed by atoms with Crippen molar-refractivity contribution in [1.29, 1.82) is 5.26 Å². The number of aromatic nitrogens is 3. The normalized spacial score (nSPS) is 17.6. The Morgan fingerprint density at radius 2 is 1.97 bits per heavy atom. The summed E-state index contributed by atoms with van der Waals surface area (Å²) in [6, 6.07) is 10.0. The lowest BCUT2D eigenvalue weighted by Gasteiger charge is -2.36. The number of alkyl halides is 3. The number of halogens is 3. The molecule has 1 aromatic carbocycles. The number of hydrogen-bond acceptors (Lipinski definition) is 5. The van der Waals surface area contributed by atoms with E-state index in [-0.39, 0.29) is 19.0 Å². The van der Waals surface area contributed by atoms with Crippen molar-refractivity contribution in [2.24, 2.45) is 0 Å². The molecule has 7 nitrogen and oxygen atoms in total. The molecule has 34 heavy (non-hydrogen) atoms. The topological polar surface area (TPSA) is 95.0 Å². The Morgan fingerprint density at radius 3 is 2.62 bits per heavy atom. The van der Waals surface area contributed by atoms with Gasteiger partial charge in [0, 0.05) is 23.9 Å². The van der Waals surface area contributed by atoms with Crippen LogP contribution in [0.3, 0.4) is 0 Å². The number of aliphatic hydroxyl groups is 1. The Labute approximate surface area is 194 Å². The minimum absolute atomic E-state index is 0.0532.